The molecular weight excluding hydrogens is 364 g/mol. The normalized spacial score (nSPS) is 27.4. The molecule has 0 aromatic rings. The standard InChI is InChI=1S/C21H28O7/c1-12(2)20(25)27-16-8-4-14(5-9-16)18(23)19(24)15-6-10-17(11-7-15)28-21(26)13(3)22/h14-17H,1,4-11H2,2-3H3. The minimum absolute atomic E-state index is 0.227. The maximum Gasteiger partial charge on any atom is 0.374 e. The van der Waals surface area contributed by atoms with Crippen molar-refractivity contribution < 1.29 is 33.4 Å². The van der Waals surface area contributed by atoms with Crippen LogP contribution in [0.1, 0.15) is 65.2 Å². The average molecular weight is 392 g/mol. The third-order valence-corrected chi connectivity index (χ3v) is 5.52. The van der Waals surface area contributed by atoms with Crippen LogP contribution in [0.2, 0.25) is 0 Å². The molecule has 154 valence electrons. The molecule has 2 fully saturated rings. The molecular formula is C21H28O7. The van der Waals surface area contributed by atoms with Crippen molar-refractivity contribution >= 4 is 29.3 Å². The van der Waals surface area contributed by atoms with Crippen LogP contribution in [-0.2, 0) is 33.4 Å². The Labute approximate surface area is 164 Å². The van der Waals surface area contributed by atoms with Gasteiger partial charge in [0.15, 0.2) is 0 Å². The largest absolute Gasteiger partial charge is 0.459 e. The predicted molar refractivity (Wildman–Crippen MR) is 99.2 cm³/mol. The molecule has 2 saturated carbocycles. The summed E-state index contributed by atoms with van der Waals surface area (Å²) in [4.78, 5) is 59.0. The highest BCUT2D eigenvalue weighted by Gasteiger charge is 2.36. The molecule has 0 heterocycles. The molecule has 0 spiro atoms. The molecule has 0 unspecified atom stereocenters. The van der Waals surface area contributed by atoms with Crippen molar-refractivity contribution in [3.05, 3.63) is 12.2 Å². The molecule has 0 bridgehead atoms. The second-order valence-electron chi connectivity index (χ2n) is 7.82. The number of carbonyl (C=O) groups is 5. The van der Waals surface area contributed by atoms with Gasteiger partial charge in [-0.1, -0.05) is 6.58 Å². The first-order valence-electron chi connectivity index (χ1n) is 9.85. The monoisotopic (exact) mass is 392 g/mol. The van der Waals surface area contributed by atoms with Crippen LogP contribution in [0.25, 0.3) is 0 Å². The van der Waals surface area contributed by atoms with Gasteiger partial charge in [0, 0.05) is 24.3 Å². The van der Waals surface area contributed by atoms with E-state index in [0.29, 0.717) is 56.9 Å². The summed E-state index contributed by atoms with van der Waals surface area (Å²) in [7, 11) is 0. The smallest absolute Gasteiger partial charge is 0.374 e. The molecule has 2 aliphatic rings. The number of Topliss-reactive ketones (excluding diaryl/α,β-unsaturated/α-hetero) is 3. The Morgan fingerprint density at radius 2 is 1.00 bits per heavy atom. The van der Waals surface area contributed by atoms with Gasteiger partial charge in [0.2, 0.25) is 17.3 Å². The SMILES string of the molecule is C=C(C)C(=O)OC1CCC(C(=O)C(=O)C2CCC(OC(=O)C(C)=O)CC2)CC1. The van der Waals surface area contributed by atoms with Gasteiger partial charge in [-0.25, -0.2) is 9.59 Å². The minimum atomic E-state index is -0.852. The fourth-order valence-corrected chi connectivity index (χ4v) is 3.77. The average Bonchev–Trinajstić information content (AvgIpc) is 2.67. The summed E-state index contributed by atoms with van der Waals surface area (Å²) in [6.07, 6.45) is 3.52. The molecule has 2 aliphatic carbocycles. The molecule has 0 atom stereocenters. The lowest BCUT2D eigenvalue weighted by Gasteiger charge is -2.30. The van der Waals surface area contributed by atoms with Gasteiger partial charge in [0.1, 0.15) is 12.2 Å². The summed E-state index contributed by atoms with van der Waals surface area (Å²) in [5.74, 6) is -3.27. The molecule has 7 heteroatoms. The number of esters is 2. The van der Waals surface area contributed by atoms with Crippen LogP contribution in [0, 0.1) is 11.8 Å². The number of hydrogen-bond acceptors (Lipinski definition) is 7. The summed E-state index contributed by atoms with van der Waals surface area (Å²) < 4.78 is 10.4. The van der Waals surface area contributed by atoms with Gasteiger partial charge < -0.3 is 9.47 Å². The Hall–Kier alpha value is -2.31. The van der Waals surface area contributed by atoms with Crippen molar-refractivity contribution in [2.24, 2.45) is 11.8 Å². The second-order valence-corrected chi connectivity index (χ2v) is 7.82. The summed E-state index contributed by atoms with van der Waals surface area (Å²) in [5, 5.41) is 0. The number of hydrogen-bond donors (Lipinski definition) is 0. The van der Waals surface area contributed by atoms with E-state index < -0.39 is 17.7 Å². The van der Waals surface area contributed by atoms with Crippen molar-refractivity contribution in [3.8, 4) is 0 Å². The van der Waals surface area contributed by atoms with E-state index >= 15 is 0 Å². The van der Waals surface area contributed by atoms with Crippen LogP contribution in [-0.4, -0.2) is 41.5 Å². The summed E-state index contributed by atoms with van der Waals surface area (Å²) >= 11 is 0. The zero-order chi connectivity index (χ0) is 20.8. The number of ketones is 3. The number of ether oxygens (including phenoxy) is 2. The molecule has 0 aliphatic heterocycles. The molecule has 0 aromatic heterocycles. The zero-order valence-corrected chi connectivity index (χ0v) is 16.5. The Bertz CT molecular complexity index is 604. The minimum Gasteiger partial charge on any atom is -0.459 e. The summed E-state index contributed by atoms with van der Waals surface area (Å²) in [5.41, 5.74) is 0.345. The fourth-order valence-electron chi connectivity index (χ4n) is 3.77. The quantitative estimate of drug-likeness (QED) is 0.372. The Balaban J connectivity index is 1.77. The van der Waals surface area contributed by atoms with Gasteiger partial charge in [-0.15, -0.1) is 0 Å². The van der Waals surface area contributed by atoms with Crippen molar-refractivity contribution in [2.75, 3.05) is 0 Å². The molecule has 28 heavy (non-hydrogen) atoms. The first-order valence-corrected chi connectivity index (χ1v) is 9.85. The van der Waals surface area contributed by atoms with E-state index in [1.54, 1.807) is 6.92 Å². The van der Waals surface area contributed by atoms with Crippen LogP contribution < -0.4 is 0 Å². The first-order chi connectivity index (χ1) is 13.2. The van der Waals surface area contributed by atoms with E-state index in [-0.39, 0.29) is 35.6 Å². The van der Waals surface area contributed by atoms with Gasteiger partial charge >= 0.3 is 11.9 Å². The molecule has 7 nitrogen and oxygen atoms in total. The van der Waals surface area contributed by atoms with Gasteiger partial charge in [0.05, 0.1) is 0 Å². The van der Waals surface area contributed by atoms with Crippen LogP contribution in [0.5, 0.6) is 0 Å². The summed E-state index contributed by atoms with van der Waals surface area (Å²) in [6, 6.07) is 0. The van der Waals surface area contributed by atoms with Crippen LogP contribution in [0.4, 0.5) is 0 Å². The van der Waals surface area contributed by atoms with E-state index in [4.69, 9.17) is 9.47 Å². The van der Waals surface area contributed by atoms with Crippen LogP contribution in [0.15, 0.2) is 12.2 Å². The third kappa shape index (κ3) is 5.84. The molecule has 2 rings (SSSR count). The fraction of sp³-hybridized carbons (Fsp3) is 0.667. The predicted octanol–water partition coefficient (Wildman–Crippen LogP) is 2.49. The van der Waals surface area contributed by atoms with Crippen LogP contribution >= 0.6 is 0 Å². The number of rotatable bonds is 7. The van der Waals surface area contributed by atoms with Crippen molar-refractivity contribution in [1.82, 2.24) is 0 Å². The number of carbonyl (C=O) groups excluding carboxylic acids is 5. The molecule has 0 radical (unpaired) electrons. The van der Waals surface area contributed by atoms with Crippen LogP contribution in [0.3, 0.4) is 0 Å². The highest BCUT2D eigenvalue weighted by molar-refractivity contribution is 6.38. The highest BCUT2D eigenvalue weighted by Crippen LogP contribution is 2.32. The van der Waals surface area contributed by atoms with E-state index in [0.717, 1.165) is 6.92 Å². The molecule has 0 saturated heterocycles. The lowest BCUT2D eigenvalue weighted by Crippen LogP contribution is -2.37. The van der Waals surface area contributed by atoms with Crippen molar-refractivity contribution in [1.29, 1.82) is 0 Å². The molecule has 0 amide bonds. The summed E-state index contributed by atoms with van der Waals surface area (Å²) in [6.45, 7) is 6.30. The Kier molecular flexibility index (Phi) is 7.66. The molecule has 0 N–H and O–H groups in total. The van der Waals surface area contributed by atoms with Gasteiger partial charge in [-0.05, 0) is 58.3 Å². The zero-order valence-electron chi connectivity index (χ0n) is 16.5. The van der Waals surface area contributed by atoms with Crippen molar-refractivity contribution in [3.63, 3.8) is 0 Å². The van der Waals surface area contributed by atoms with E-state index in [1.165, 1.54) is 0 Å². The van der Waals surface area contributed by atoms with Crippen molar-refractivity contribution in [2.45, 2.75) is 77.4 Å². The lowest BCUT2D eigenvalue weighted by molar-refractivity contribution is -0.159. The highest BCUT2D eigenvalue weighted by atomic mass is 16.5. The maximum absolute atomic E-state index is 12.6. The van der Waals surface area contributed by atoms with E-state index in [9.17, 15) is 24.0 Å². The lowest BCUT2D eigenvalue weighted by atomic mass is 9.77. The maximum atomic E-state index is 12.6. The van der Waals surface area contributed by atoms with Gasteiger partial charge in [-0.2, -0.15) is 0 Å². The van der Waals surface area contributed by atoms with Gasteiger partial charge in [0.25, 0.3) is 0 Å². The second kappa shape index (κ2) is 9.75. The third-order valence-electron chi connectivity index (χ3n) is 5.52. The first kappa shape index (κ1) is 22.0. The van der Waals surface area contributed by atoms with Gasteiger partial charge in [-0.3, -0.25) is 14.4 Å². The topological polar surface area (TPSA) is 104 Å². The van der Waals surface area contributed by atoms with E-state index in [1.807, 2.05) is 0 Å². The van der Waals surface area contributed by atoms with E-state index in [2.05, 4.69) is 6.58 Å². The molecule has 0 aromatic carbocycles. The Morgan fingerprint density at radius 3 is 1.32 bits per heavy atom. The Morgan fingerprint density at radius 1 is 0.643 bits per heavy atom.